The Labute approximate surface area is 165 Å². The number of urea groups is 1. The first kappa shape index (κ1) is 19.4. The Morgan fingerprint density at radius 3 is 2.44 bits per heavy atom. The summed E-state index contributed by atoms with van der Waals surface area (Å²) in [6, 6.07) is 12.4. The molecule has 0 spiro atoms. The molecule has 0 bridgehead atoms. The number of aryl methyl sites for hydroxylation is 1. The first-order valence-electron chi connectivity index (χ1n) is 9.06. The zero-order chi connectivity index (χ0) is 19.2. The molecule has 5 nitrogen and oxygen atoms in total. The molecule has 0 fully saturated rings. The number of benzene rings is 2. The molecule has 2 aromatic carbocycles. The van der Waals surface area contributed by atoms with Gasteiger partial charge in [0.15, 0.2) is 11.5 Å². The van der Waals surface area contributed by atoms with E-state index in [0.717, 1.165) is 23.5 Å². The van der Waals surface area contributed by atoms with E-state index in [1.807, 2.05) is 17.0 Å². The van der Waals surface area contributed by atoms with Gasteiger partial charge in [0, 0.05) is 30.3 Å². The smallest absolute Gasteiger partial charge is 0.317 e. The van der Waals surface area contributed by atoms with Crippen molar-refractivity contribution in [3.8, 4) is 11.5 Å². The average Bonchev–Trinajstić information content (AvgIpc) is 2.70. The van der Waals surface area contributed by atoms with E-state index in [-0.39, 0.29) is 6.03 Å². The molecule has 0 unspecified atom stereocenters. The highest BCUT2D eigenvalue weighted by molar-refractivity contribution is 7.99. The third kappa shape index (κ3) is 4.89. The molecular formula is C21H26N2O3S. The van der Waals surface area contributed by atoms with Gasteiger partial charge in [-0.05, 0) is 48.7 Å². The van der Waals surface area contributed by atoms with Crippen LogP contribution in [0.4, 0.5) is 4.79 Å². The first-order valence-corrected chi connectivity index (χ1v) is 10.1. The molecule has 1 aliphatic rings. The lowest BCUT2D eigenvalue weighted by Gasteiger charge is -2.29. The van der Waals surface area contributed by atoms with Gasteiger partial charge >= 0.3 is 6.03 Å². The van der Waals surface area contributed by atoms with Crippen LogP contribution in [0.2, 0.25) is 0 Å². The molecule has 27 heavy (non-hydrogen) atoms. The average molecular weight is 387 g/mol. The van der Waals surface area contributed by atoms with Gasteiger partial charge in [-0.15, -0.1) is 11.8 Å². The lowest BCUT2D eigenvalue weighted by atomic mass is 9.99. The fourth-order valence-corrected chi connectivity index (χ4v) is 3.90. The van der Waals surface area contributed by atoms with Crippen LogP contribution in [0.25, 0.3) is 0 Å². The van der Waals surface area contributed by atoms with Gasteiger partial charge in [-0.3, -0.25) is 0 Å². The van der Waals surface area contributed by atoms with Crippen molar-refractivity contribution in [1.82, 2.24) is 10.2 Å². The van der Waals surface area contributed by atoms with Crippen LogP contribution in [0.1, 0.15) is 16.7 Å². The molecule has 144 valence electrons. The summed E-state index contributed by atoms with van der Waals surface area (Å²) in [5.41, 5.74) is 3.59. The first-order chi connectivity index (χ1) is 13.1. The Hall–Kier alpha value is -2.34. The standard InChI is InChI=1S/C21H26N2O3S/c1-15-4-6-18(7-5-15)27-11-9-22-21(24)23-10-8-16-12-19(25-2)20(26-3)13-17(16)14-23/h4-7,12-13H,8-11,14H2,1-3H3,(H,22,24). The SMILES string of the molecule is COc1cc2c(cc1OC)CN(C(=O)NCCSc1ccc(C)cc1)CC2. The predicted molar refractivity (Wildman–Crippen MR) is 109 cm³/mol. The topological polar surface area (TPSA) is 50.8 Å². The van der Waals surface area contributed by atoms with E-state index in [2.05, 4.69) is 36.5 Å². The summed E-state index contributed by atoms with van der Waals surface area (Å²) in [4.78, 5) is 15.6. The summed E-state index contributed by atoms with van der Waals surface area (Å²) in [5, 5.41) is 3.03. The third-order valence-corrected chi connectivity index (χ3v) is 5.69. The summed E-state index contributed by atoms with van der Waals surface area (Å²) in [6.07, 6.45) is 0.821. The van der Waals surface area contributed by atoms with Crippen molar-refractivity contribution in [1.29, 1.82) is 0 Å². The quantitative estimate of drug-likeness (QED) is 0.605. The van der Waals surface area contributed by atoms with E-state index in [1.165, 1.54) is 16.0 Å². The number of amides is 2. The second-order valence-corrected chi connectivity index (χ2v) is 7.71. The summed E-state index contributed by atoms with van der Waals surface area (Å²) < 4.78 is 10.7. The molecule has 0 saturated heterocycles. The van der Waals surface area contributed by atoms with E-state index in [1.54, 1.807) is 26.0 Å². The Balaban J connectivity index is 1.50. The van der Waals surface area contributed by atoms with Crippen LogP contribution in [0.15, 0.2) is 41.3 Å². The maximum absolute atomic E-state index is 12.5. The lowest BCUT2D eigenvalue weighted by Crippen LogP contribution is -2.43. The summed E-state index contributed by atoms with van der Waals surface area (Å²) in [5.74, 6) is 2.29. The molecule has 3 rings (SSSR count). The summed E-state index contributed by atoms with van der Waals surface area (Å²) in [6.45, 7) is 4.02. The minimum Gasteiger partial charge on any atom is -0.493 e. The molecule has 1 aliphatic heterocycles. The molecule has 0 aliphatic carbocycles. The van der Waals surface area contributed by atoms with Gasteiger partial charge in [0.25, 0.3) is 0 Å². The fraction of sp³-hybridized carbons (Fsp3) is 0.381. The number of hydrogen-bond donors (Lipinski definition) is 1. The predicted octanol–water partition coefficient (Wildman–Crippen LogP) is 3.87. The van der Waals surface area contributed by atoms with E-state index >= 15 is 0 Å². The number of rotatable bonds is 6. The highest BCUT2D eigenvalue weighted by Gasteiger charge is 2.22. The van der Waals surface area contributed by atoms with Crippen LogP contribution in [0.5, 0.6) is 11.5 Å². The van der Waals surface area contributed by atoms with Gasteiger partial charge in [0.05, 0.1) is 14.2 Å². The van der Waals surface area contributed by atoms with Gasteiger partial charge in [-0.25, -0.2) is 4.79 Å². The molecule has 2 aromatic rings. The van der Waals surface area contributed by atoms with Crippen LogP contribution in [-0.2, 0) is 13.0 Å². The molecule has 0 aromatic heterocycles. The second kappa shape index (κ2) is 9.04. The molecule has 0 saturated carbocycles. The van der Waals surface area contributed by atoms with Crippen molar-refractivity contribution in [2.24, 2.45) is 0 Å². The molecule has 6 heteroatoms. The van der Waals surface area contributed by atoms with Crippen LogP contribution in [0, 0.1) is 6.92 Å². The van der Waals surface area contributed by atoms with Gasteiger partial charge in [0.2, 0.25) is 0 Å². The normalized spacial score (nSPS) is 13.1. The number of carbonyl (C=O) groups excluding carboxylic acids is 1. The minimum atomic E-state index is -0.0139. The maximum Gasteiger partial charge on any atom is 0.317 e. The maximum atomic E-state index is 12.5. The fourth-order valence-electron chi connectivity index (χ4n) is 3.13. The van der Waals surface area contributed by atoms with Crippen molar-refractivity contribution in [3.05, 3.63) is 53.1 Å². The van der Waals surface area contributed by atoms with E-state index < -0.39 is 0 Å². The number of nitrogens with zero attached hydrogens (tertiary/aromatic N) is 1. The highest BCUT2D eigenvalue weighted by Crippen LogP contribution is 2.33. The number of carbonyl (C=O) groups is 1. The van der Waals surface area contributed by atoms with Crippen LogP contribution in [0.3, 0.4) is 0 Å². The Bertz CT molecular complexity index is 793. The van der Waals surface area contributed by atoms with Crippen LogP contribution < -0.4 is 14.8 Å². The molecular weight excluding hydrogens is 360 g/mol. The van der Waals surface area contributed by atoms with Crippen molar-refractivity contribution in [2.45, 2.75) is 24.8 Å². The van der Waals surface area contributed by atoms with E-state index in [0.29, 0.717) is 25.4 Å². The van der Waals surface area contributed by atoms with Crippen molar-refractivity contribution < 1.29 is 14.3 Å². The minimum absolute atomic E-state index is 0.0139. The molecule has 2 amide bonds. The zero-order valence-electron chi connectivity index (χ0n) is 16.1. The van der Waals surface area contributed by atoms with Crippen molar-refractivity contribution >= 4 is 17.8 Å². The molecule has 0 radical (unpaired) electrons. The van der Waals surface area contributed by atoms with E-state index in [9.17, 15) is 4.79 Å². The monoisotopic (exact) mass is 386 g/mol. The number of methoxy groups -OCH3 is 2. The summed E-state index contributed by atoms with van der Waals surface area (Å²) in [7, 11) is 3.27. The Kier molecular flexibility index (Phi) is 6.50. The molecule has 1 N–H and O–H groups in total. The number of thioether (sulfide) groups is 1. The molecule has 0 atom stereocenters. The lowest BCUT2D eigenvalue weighted by molar-refractivity contribution is 0.193. The number of ether oxygens (including phenoxy) is 2. The number of nitrogens with one attached hydrogen (secondary N) is 1. The van der Waals surface area contributed by atoms with Gasteiger partial charge in [0.1, 0.15) is 0 Å². The Morgan fingerprint density at radius 1 is 1.11 bits per heavy atom. The number of hydrogen-bond acceptors (Lipinski definition) is 4. The van der Waals surface area contributed by atoms with Gasteiger partial charge < -0.3 is 19.7 Å². The highest BCUT2D eigenvalue weighted by atomic mass is 32.2. The number of fused-ring (bicyclic) bond motifs is 1. The van der Waals surface area contributed by atoms with E-state index in [4.69, 9.17) is 9.47 Å². The van der Waals surface area contributed by atoms with Crippen LogP contribution in [-0.4, -0.2) is 44.0 Å². The van der Waals surface area contributed by atoms with Gasteiger partial charge in [-0.1, -0.05) is 17.7 Å². The largest absolute Gasteiger partial charge is 0.493 e. The van der Waals surface area contributed by atoms with Crippen molar-refractivity contribution in [2.75, 3.05) is 33.1 Å². The zero-order valence-corrected chi connectivity index (χ0v) is 16.9. The van der Waals surface area contributed by atoms with Gasteiger partial charge in [-0.2, -0.15) is 0 Å². The van der Waals surface area contributed by atoms with Crippen LogP contribution >= 0.6 is 11.8 Å². The van der Waals surface area contributed by atoms with Crippen molar-refractivity contribution in [3.63, 3.8) is 0 Å². The summed E-state index contributed by atoms with van der Waals surface area (Å²) >= 11 is 1.75. The molecule has 1 heterocycles. The Morgan fingerprint density at radius 2 is 1.78 bits per heavy atom. The third-order valence-electron chi connectivity index (χ3n) is 4.67. The second-order valence-electron chi connectivity index (χ2n) is 6.54.